The van der Waals surface area contributed by atoms with Crippen LogP contribution in [0.5, 0.6) is 0 Å². The minimum absolute atomic E-state index is 0.0994. The summed E-state index contributed by atoms with van der Waals surface area (Å²) in [6, 6.07) is 13.5. The molecule has 1 aliphatic rings. The first-order chi connectivity index (χ1) is 16.1. The van der Waals surface area contributed by atoms with Crippen molar-refractivity contribution < 1.29 is 13.2 Å². The molecule has 1 saturated heterocycles. The molecule has 8 heteroatoms. The minimum Gasteiger partial charge on any atom is -0.371 e. The van der Waals surface area contributed by atoms with Crippen molar-refractivity contribution in [2.24, 2.45) is 5.92 Å². The van der Waals surface area contributed by atoms with Gasteiger partial charge in [-0.05, 0) is 74.4 Å². The monoisotopic (exact) mass is 505 g/mol. The summed E-state index contributed by atoms with van der Waals surface area (Å²) in [6.45, 7) is 8.45. The smallest absolute Gasteiger partial charge is 0.232 e. The second-order valence-corrected chi connectivity index (χ2v) is 11.7. The summed E-state index contributed by atoms with van der Waals surface area (Å²) in [6.07, 6.45) is 4.33. The van der Waals surface area contributed by atoms with Crippen LogP contribution in [0.2, 0.25) is 5.02 Å². The number of hydrogen-bond donors (Lipinski definition) is 1. The zero-order valence-electron chi connectivity index (χ0n) is 20.6. The van der Waals surface area contributed by atoms with Gasteiger partial charge in [-0.3, -0.25) is 9.10 Å². The Morgan fingerprint density at radius 1 is 1.24 bits per heavy atom. The molecule has 1 heterocycles. The number of hydrogen-bond acceptors (Lipinski definition) is 4. The van der Waals surface area contributed by atoms with E-state index < -0.39 is 10.0 Å². The van der Waals surface area contributed by atoms with Crippen LogP contribution in [0.25, 0.3) is 0 Å². The number of anilines is 2. The quantitative estimate of drug-likeness (QED) is 0.501. The number of carbonyl (C=O) groups excluding carboxylic acids is 1. The van der Waals surface area contributed by atoms with E-state index in [9.17, 15) is 13.2 Å². The summed E-state index contributed by atoms with van der Waals surface area (Å²) in [4.78, 5) is 15.0. The second kappa shape index (κ2) is 11.5. The van der Waals surface area contributed by atoms with Gasteiger partial charge in [-0.2, -0.15) is 0 Å². The van der Waals surface area contributed by atoms with Crippen molar-refractivity contribution in [1.29, 1.82) is 0 Å². The number of rotatable bonds is 9. The molecule has 1 amide bonds. The Morgan fingerprint density at radius 3 is 2.59 bits per heavy atom. The standard InChI is InChI=1S/C26H36ClN3O3S/c1-19-8-6-16-29(18-19)23-14-12-22(13-15-23)21(3)28-26(31)11-7-17-30(34(4,32)33)25-10-5-9-24(27)20(25)2/h5,9-10,12-15,19,21H,6-8,11,16-18H2,1-4H3,(H,28,31)/t19-,21+/m1/s1. The number of piperidine rings is 1. The van der Waals surface area contributed by atoms with Gasteiger partial charge < -0.3 is 10.2 Å². The molecule has 0 saturated carbocycles. The summed E-state index contributed by atoms with van der Waals surface area (Å²) >= 11 is 6.18. The van der Waals surface area contributed by atoms with E-state index in [1.54, 1.807) is 25.1 Å². The Kier molecular flexibility index (Phi) is 8.88. The predicted molar refractivity (Wildman–Crippen MR) is 141 cm³/mol. The molecule has 2 atom stereocenters. The first-order valence-electron chi connectivity index (χ1n) is 11.9. The molecule has 1 aliphatic heterocycles. The molecule has 3 rings (SSSR count). The third-order valence-corrected chi connectivity index (χ3v) is 8.06. The lowest BCUT2D eigenvalue weighted by Gasteiger charge is -2.33. The minimum atomic E-state index is -3.50. The highest BCUT2D eigenvalue weighted by atomic mass is 35.5. The molecule has 2 aromatic rings. The van der Waals surface area contributed by atoms with Crippen molar-refractivity contribution in [2.75, 3.05) is 35.1 Å². The maximum Gasteiger partial charge on any atom is 0.232 e. The van der Waals surface area contributed by atoms with Gasteiger partial charge in [-0.1, -0.05) is 36.7 Å². The molecule has 0 bridgehead atoms. The molecule has 0 radical (unpaired) electrons. The maximum absolute atomic E-state index is 12.6. The van der Waals surface area contributed by atoms with E-state index in [0.717, 1.165) is 18.7 Å². The first kappa shape index (κ1) is 26.4. The lowest BCUT2D eigenvalue weighted by atomic mass is 9.99. The number of halogens is 1. The maximum atomic E-state index is 12.6. The Bertz CT molecular complexity index is 1090. The molecule has 0 aliphatic carbocycles. The fraction of sp³-hybridized carbons (Fsp3) is 0.500. The predicted octanol–water partition coefficient (Wildman–Crippen LogP) is 5.31. The van der Waals surface area contributed by atoms with Crippen LogP contribution in [0.4, 0.5) is 11.4 Å². The van der Waals surface area contributed by atoms with E-state index in [0.29, 0.717) is 28.6 Å². The summed E-state index contributed by atoms with van der Waals surface area (Å²) < 4.78 is 26.1. The van der Waals surface area contributed by atoms with Crippen LogP contribution in [0.1, 0.15) is 56.7 Å². The second-order valence-electron chi connectivity index (χ2n) is 9.40. The zero-order valence-corrected chi connectivity index (χ0v) is 22.1. The summed E-state index contributed by atoms with van der Waals surface area (Å²) in [7, 11) is -3.50. The van der Waals surface area contributed by atoms with Gasteiger partial charge >= 0.3 is 0 Å². The van der Waals surface area contributed by atoms with Crippen LogP contribution in [0.15, 0.2) is 42.5 Å². The van der Waals surface area contributed by atoms with Crippen LogP contribution in [0.3, 0.4) is 0 Å². The number of amides is 1. The van der Waals surface area contributed by atoms with Gasteiger partial charge in [0.1, 0.15) is 0 Å². The van der Waals surface area contributed by atoms with Crippen molar-refractivity contribution in [3.05, 3.63) is 58.6 Å². The number of benzene rings is 2. The fourth-order valence-corrected chi connectivity index (χ4v) is 5.69. The molecular formula is C26H36ClN3O3S. The highest BCUT2D eigenvalue weighted by molar-refractivity contribution is 7.92. The van der Waals surface area contributed by atoms with Crippen LogP contribution in [-0.4, -0.2) is 40.2 Å². The van der Waals surface area contributed by atoms with E-state index in [-0.39, 0.29) is 24.9 Å². The van der Waals surface area contributed by atoms with E-state index >= 15 is 0 Å². The van der Waals surface area contributed by atoms with Gasteiger partial charge in [0.2, 0.25) is 15.9 Å². The van der Waals surface area contributed by atoms with Crippen molar-refractivity contribution in [3.63, 3.8) is 0 Å². The molecular weight excluding hydrogens is 470 g/mol. The van der Waals surface area contributed by atoms with Crippen LogP contribution >= 0.6 is 11.6 Å². The van der Waals surface area contributed by atoms with Crippen LogP contribution in [0, 0.1) is 12.8 Å². The largest absolute Gasteiger partial charge is 0.371 e. The molecule has 34 heavy (non-hydrogen) atoms. The molecule has 1 N–H and O–H groups in total. The summed E-state index contributed by atoms with van der Waals surface area (Å²) in [5, 5.41) is 3.55. The van der Waals surface area contributed by atoms with Gasteiger partial charge in [-0.25, -0.2) is 8.42 Å². The van der Waals surface area contributed by atoms with Gasteiger partial charge in [0, 0.05) is 36.8 Å². The Labute approximate surface area is 209 Å². The lowest BCUT2D eigenvalue weighted by molar-refractivity contribution is -0.121. The van der Waals surface area contributed by atoms with E-state index in [2.05, 4.69) is 41.4 Å². The normalized spacial score (nSPS) is 17.3. The molecule has 186 valence electrons. The van der Waals surface area contributed by atoms with Gasteiger partial charge in [0.25, 0.3) is 0 Å². The SMILES string of the molecule is Cc1c(Cl)cccc1N(CCCC(=O)N[C@@H](C)c1ccc(N2CCC[C@@H](C)C2)cc1)S(C)(=O)=O. The molecule has 0 unspecified atom stereocenters. The summed E-state index contributed by atoms with van der Waals surface area (Å²) in [5.41, 5.74) is 3.53. The van der Waals surface area contributed by atoms with E-state index in [4.69, 9.17) is 11.6 Å². The third-order valence-electron chi connectivity index (χ3n) is 6.47. The van der Waals surface area contributed by atoms with Crippen molar-refractivity contribution in [1.82, 2.24) is 5.32 Å². The van der Waals surface area contributed by atoms with E-state index in [1.807, 2.05) is 6.92 Å². The van der Waals surface area contributed by atoms with E-state index in [1.165, 1.54) is 29.1 Å². The summed E-state index contributed by atoms with van der Waals surface area (Å²) in [5.74, 6) is 0.616. The molecule has 1 fully saturated rings. The molecule has 0 spiro atoms. The number of nitrogens with zero attached hydrogens (tertiary/aromatic N) is 2. The molecule has 0 aromatic heterocycles. The number of nitrogens with one attached hydrogen (secondary N) is 1. The van der Waals surface area contributed by atoms with Crippen molar-refractivity contribution >= 4 is 38.9 Å². The fourth-order valence-electron chi connectivity index (χ4n) is 4.51. The highest BCUT2D eigenvalue weighted by Gasteiger charge is 2.21. The first-order valence-corrected chi connectivity index (χ1v) is 14.2. The number of sulfonamides is 1. The van der Waals surface area contributed by atoms with Crippen LogP contribution < -0.4 is 14.5 Å². The highest BCUT2D eigenvalue weighted by Crippen LogP contribution is 2.29. The van der Waals surface area contributed by atoms with Gasteiger partial charge in [0.05, 0.1) is 18.0 Å². The molecule has 6 nitrogen and oxygen atoms in total. The van der Waals surface area contributed by atoms with Gasteiger partial charge in [0.15, 0.2) is 0 Å². The molecule has 2 aromatic carbocycles. The van der Waals surface area contributed by atoms with Crippen molar-refractivity contribution in [2.45, 2.75) is 52.5 Å². The van der Waals surface area contributed by atoms with Crippen molar-refractivity contribution in [3.8, 4) is 0 Å². The Balaban J connectivity index is 1.54. The topological polar surface area (TPSA) is 69.7 Å². The van der Waals surface area contributed by atoms with Crippen LogP contribution in [-0.2, 0) is 14.8 Å². The lowest BCUT2D eigenvalue weighted by Crippen LogP contribution is -2.34. The Morgan fingerprint density at radius 2 is 1.94 bits per heavy atom. The van der Waals surface area contributed by atoms with Gasteiger partial charge in [-0.15, -0.1) is 0 Å². The average molecular weight is 506 g/mol. The number of carbonyl (C=O) groups is 1. The zero-order chi connectivity index (χ0) is 24.9. The Hall–Kier alpha value is -2.25. The third kappa shape index (κ3) is 6.89. The average Bonchev–Trinajstić information content (AvgIpc) is 2.78.